The average Bonchev–Trinajstić information content (AvgIpc) is 2.87. The summed E-state index contributed by atoms with van der Waals surface area (Å²) in [7, 11) is 0. The first kappa shape index (κ1) is 10.1. The van der Waals surface area contributed by atoms with Gasteiger partial charge in [0.05, 0.1) is 5.56 Å². The quantitative estimate of drug-likeness (QED) is 0.661. The Labute approximate surface area is 96.3 Å². The largest absolute Gasteiger partial charge is 0.493 e. The van der Waals surface area contributed by atoms with E-state index >= 15 is 0 Å². The smallest absolute Gasteiger partial charge is 0.259 e. The number of fused-ring (bicyclic) bond motifs is 1. The number of nitrogen functional groups attached to an aromatic ring is 1. The van der Waals surface area contributed by atoms with E-state index in [1.165, 1.54) is 4.52 Å². The lowest BCUT2D eigenvalue weighted by Gasteiger charge is -2.10. The number of hydrogen-bond donors (Lipinski definition) is 3. The SMILES string of the molecule is Nc1nc2[nH]c(=O)c(C3CCCC3)c(O)n2n1. The van der Waals surface area contributed by atoms with E-state index in [9.17, 15) is 9.90 Å². The van der Waals surface area contributed by atoms with Gasteiger partial charge in [0.15, 0.2) is 0 Å². The van der Waals surface area contributed by atoms with Crippen LogP contribution in [0.1, 0.15) is 37.2 Å². The summed E-state index contributed by atoms with van der Waals surface area (Å²) in [5, 5.41) is 13.9. The molecule has 0 bridgehead atoms. The predicted octanol–water partition coefficient (Wildman–Crippen LogP) is 0.363. The van der Waals surface area contributed by atoms with Crippen LogP contribution in [0.25, 0.3) is 5.78 Å². The number of aromatic amines is 1. The molecule has 0 atom stereocenters. The van der Waals surface area contributed by atoms with Crippen molar-refractivity contribution in [2.75, 3.05) is 5.73 Å². The van der Waals surface area contributed by atoms with Gasteiger partial charge in [0.1, 0.15) is 0 Å². The van der Waals surface area contributed by atoms with Gasteiger partial charge in [-0.1, -0.05) is 12.8 Å². The van der Waals surface area contributed by atoms with Gasteiger partial charge in [0, 0.05) is 0 Å². The van der Waals surface area contributed by atoms with Gasteiger partial charge in [0.2, 0.25) is 17.6 Å². The molecule has 0 spiro atoms. The molecular formula is C10H13N5O2. The van der Waals surface area contributed by atoms with E-state index in [1.54, 1.807) is 0 Å². The van der Waals surface area contributed by atoms with Crippen molar-refractivity contribution in [3.63, 3.8) is 0 Å². The normalized spacial score (nSPS) is 16.9. The standard InChI is InChI=1S/C10H13N5O2/c11-9-13-10-12-7(16)6(5-3-1-2-4-5)8(17)15(10)14-9/h5,17H,1-4H2,(H3,11,12,13,14,16). The highest BCUT2D eigenvalue weighted by Crippen LogP contribution is 2.35. The topological polar surface area (TPSA) is 109 Å². The van der Waals surface area contributed by atoms with Crippen LogP contribution in [0, 0.1) is 0 Å². The van der Waals surface area contributed by atoms with Crippen LogP contribution in [-0.2, 0) is 0 Å². The minimum atomic E-state index is -0.297. The zero-order valence-electron chi connectivity index (χ0n) is 9.18. The zero-order chi connectivity index (χ0) is 12.0. The molecule has 7 nitrogen and oxygen atoms in total. The van der Waals surface area contributed by atoms with E-state index in [0.717, 1.165) is 25.7 Å². The lowest BCUT2D eigenvalue weighted by atomic mass is 10.0. The number of hydrogen-bond acceptors (Lipinski definition) is 5. The van der Waals surface area contributed by atoms with Crippen molar-refractivity contribution in [2.45, 2.75) is 31.6 Å². The van der Waals surface area contributed by atoms with Crippen molar-refractivity contribution in [3.8, 4) is 5.88 Å². The van der Waals surface area contributed by atoms with Crippen LogP contribution in [-0.4, -0.2) is 24.7 Å². The average molecular weight is 235 g/mol. The van der Waals surface area contributed by atoms with Gasteiger partial charge >= 0.3 is 0 Å². The molecule has 2 aromatic rings. The molecule has 4 N–H and O–H groups in total. The van der Waals surface area contributed by atoms with E-state index in [1.807, 2.05) is 0 Å². The zero-order valence-corrected chi connectivity index (χ0v) is 9.18. The van der Waals surface area contributed by atoms with Gasteiger partial charge in [-0.2, -0.15) is 9.50 Å². The first-order valence-corrected chi connectivity index (χ1v) is 5.64. The lowest BCUT2D eigenvalue weighted by molar-refractivity contribution is 0.419. The molecule has 7 heteroatoms. The van der Waals surface area contributed by atoms with Gasteiger partial charge in [0.25, 0.3) is 5.56 Å². The molecule has 17 heavy (non-hydrogen) atoms. The highest BCUT2D eigenvalue weighted by Gasteiger charge is 2.25. The van der Waals surface area contributed by atoms with Gasteiger partial charge in [-0.25, -0.2) is 0 Å². The Balaban J connectivity index is 2.26. The first-order chi connectivity index (χ1) is 8.16. The maximum Gasteiger partial charge on any atom is 0.259 e. The molecule has 0 saturated heterocycles. The van der Waals surface area contributed by atoms with Crippen molar-refractivity contribution in [1.29, 1.82) is 0 Å². The maximum atomic E-state index is 11.9. The summed E-state index contributed by atoms with van der Waals surface area (Å²) < 4.78 is 1.18. The lowest BCUT2D eigenvalue weighted by Crippen LogP contribution is -2.18. The Morgan fingerprint density at radius 1 is 1.41 bits per heavy atom. The number of nitrogens with one attached hydrogen (secondary N) is 1. The van der Waals surface area contributed by atoms with Crippen molar-refractivity contribution < 1.29 is 5.11 Å². The Bertz CT molecular complexity index is 623. The highest BCUT2D eigenvalue weighted by atomic mass is 16.3. The van der Waals surface area contributed by atoms with Crippen molar-refractivity contribution in [2.24, 2.45) is 0 Å². The molecule has 2 aromatic heterocycles. The van der Waals surface area contributed by atoms with Crippen LogP contribution in [0.2, 0.25) is 0 Å². The molecule has 1 fully saturated rings. The molecule has 0 aromatic carbocycles. The van der Waals surface area contributed by atoms with E-state index < -0.39 is 0 Å². The Morgan fingerprint density at radius 2 is 2.12 bits per heavy atom. The second-order valence-corrected chi connectivity index (χ2v) is 4.38. The van der Waals surface area contributed by atoms with Crippen LogP contribution < -0.4 is 11.3 Å². The fourth-order valence-corrected chi connectivity index (χ4v) is 2.52. The fraction of sp³-hybridized carbons (Fsp3) is 0.500. The molecular weight excluding hydrogens is 222 g/mol. The van der Waals surface area contributed by atoms with Crippen LogP contribution in [0.3, 0.4) is 0 Å². The Morgan fingerprint density at radius 3 is 2.82 bits per heavy atom. The third-order valence-corrected chi connectivity index (χ3v) is 3.30. The number of aromatic hydroxyl groups is 1. The molecule has 3 rings (SSSR count). The third kappa shape index (κ3) is 1.46. The number of anilines is 1. The second-order valence-electron chi connectivity index (χ2n) is 4.38. The maximum absolute atomic E-state index is 11.9. The molecule has 0 unspecified atom stereocenters. The second kappa shape index (κ2) is 3.47. The summed E-state index contributed by atoms with van der Waals surface area (Å²) in [5.41, 5.74) is 5.54. The van der Waals surface area contributed by atoms with Crippen LogP contribution in [0.4, 0.5) is 5.95 Å². The van der Waals surface area contributed by atoms with Gasteiger partial charge in [-0.3, -0.25) is 9.78 Å². The summed E-state index contributed by atoms with van der Waals surface area (Å²) in [4.78, 5) is 18.3. The minimum Gasteiger partial charge on any atom is -0.493 e. The molecule has 2 heterocycles. The summed E-state index contributed by atoms with van der Waals surface area (Å²) >= 11 is 0. The molecule has 0 aliphatic heterocycles. The summed E-state index contributed by atoms with van der Waals surface area (Å²) in [5.74, 6) is 0.166. The summed E-state index contributed by atoms with van der Waals surface area (Å²) in [6.07, 6.45) is 4.01. The molecule has 0 radical (unpaired) electrons. The van der Waals surface area contributed by atoms with Crippen molar-refractivity contribution in [1.82, 2.24) is 19.6 Å². The van der Waals surface area contributed by atoms with E-state index in [4.69, 9.17) is 5.73 Å². The minimum absolute atomic E-state index is 0.0273. The van der Waals surface area contributed by atoms with E-state index in [-0.39, 0.29) is 29.1 Å². The van der Waals surface area contributed by atoms with Gasteiger partial charge in [-0.15, -0.1) is 5.10 Å². The van der Waals surface area contributed by atoms with Gasteiger partial charge < -0.3 is 10.8 Å². The first-order valence-electron chi connectivity index (χ1n) is 5.64. The number of aromatic nitrogens is 4. The van der Waals surface area contributed by atoms with Crippen LogP contribution >= 0.6 is 0 Å². The van der Waals surface area contributed by atoms with Crippen molar-refractivity contribution in [3.05, 3.63) is 15.9 Å². The molecule has 90 valence electrons. The molecule has 1 aliphatic rings. The van der Waals surface area contributed by atoms with Crippen LogP contribution in [0.5, 0.6) is 5.88 Å². The Hall–Kier alpha value is -2.05. The van der Waals surface area contributed by atoms with Gasteiger partial charge in [-0.05, 0) is 18.8 Å². The number of nitrogens with zero attached hydrogens (tertiary/aromatic N) is 3. The summed E-state index contributed by atoms with van der Waals surface area (Å²) in [6.45, 7) is 0. The predicted molar refractivity (Wildman–Crippen MR) is 60.9 cm³/mol. The number of rotatable bonds is 1. The van der Waals surface area contributed by atoms with Crippen LogP contribution in [0.15, 0.2) is 4.79 Å². The summed E-state index contributed by atoms with van der Waals surface area (Å²) in [6, 6.07) is 0. The molecule has 1 aliphatic carbocycles. The highest BCUT2D eigenvalue weighted by molar-refractivity contribution is 5.41. The number of H-pyrrole nitrogens is 1. The Kier molecular flexibility index (Phi) is 2.07. The van der Waals surface area contributed by atoms with E-state index in [0.29, 0.717) is 5.56 Å². The monoisotopic (exact) mass is 235 g/mol. The molecule has 0 amide bonds. The number of nitrogens with two attached hydrogens (primary N) is 1. The van der Waals surface area contributed by atoms with Crippen molar-refractivity contribution >= 4 is 11.7 Å². The third-order valence-electron chi connectivity index (χ3n) is 3.30. The van der Waals surface area contributed by atoms with E-state index in [2.05, 4.69) is 15.1 Å². The fourth-order valence-electron chi connectivity index (χ4n) is 2.52. The molecule has 1 saturated carbocycles.